The molecule has 4 aromatic heterocycles. The number of amides is 1. The first kappa shape index (κ1) is 27.5. The molecule has 2 bridgehead atoms. The van der Waals surface area contributed by atoms with Crippen LogP contribution < -0.4 is 10.1 Å². The Balaban J connectivity index is 0.948. The molecule has 1 amide bonds. The number of nitrogens with one attached hydrogen (secondary N) is 1. The summed E-state index contributed by atoms with van der Waals surface area (Å²) in [6, 6.07) is 9.21. The highest BCUT2D eigenvalue weighted by Crippen LogP contribution is 2.39. The largest absolute Gasteiger partial charge is 0.454 e. The minimum atomic E-state index is 0.0793. The van der Waals surface area contributed by atoms with Crippen LogP contribution in [0.15, 0.2) is 61.3 Å². The number of carbonyl (C=O) groups is 1. The van der Waals surface area contributed by atoms with Gasteiger partial charge in [-0.25, -0.2) is 19.5 Å². The molecule has 1 saturated carbocycles. The summed E-state index contributed by atoms with van der Waals surface area (Å²) in [5.74, 6) is 3.64. The van der Waals surface area contributed by atoms with Gasteiger partial charge in [0.15, 0.2) is 5.65 Å². The van der Waals surface area contributed by atoms with E-state index in [0.717, 1.165) is 57.0 Å². The van der Waals surface area contributed by atoms with Crippen molar-refractivity contribution in [3.05, 3.63) is 76.8 Å². The summed E-state index contributed by atoms with van der Waals surface area (Å²) in [5.41, 5.74) is 2.73. The van der Waals surface area contributed by atoms with Crippen LogP contribution in [0.5, 0.6) is 11.5 Å². The van der Waals surface area contributed by atoms with Crippen molar-refractivity contribution in [1.82, 2.24) is 34.4 Å². The quantitative estimate of drug-likeness (QED) is 0.217. The molecule has 2 unspecified atom stereocenters. The third-order valence-electron chi connectivity index (χ3n) is 8.92. The number of pyridine rings is 1. The van der Waals surface area contributed by atoms with Crippen LogP contribution in [-0.2, 0) is 17.8 Å². The SMILES string of the molecule is O=C(/C=C/CN1CC2CCC(C2)C1)N1CCc2c(sc3ncnc(Nc4ccc(Oc5ccc6ncnn6c5)c(Cl)c4)c23)C1. The molecule has 1 N–H and O–H groups in total. The number of fused-ring (bicyclic) bond motifs is 6. The Morgan fingerprint density at radius 1 is 1.11 bits per heavy atom. The fourth-order valence-electron chi connectivity index (χ4n) is 6.87. The van der Waals surface area contributed by atoms with Gasteiger partial charge in [0.1, 0.15) is 34.8 Å². The number of aromatic nitrogens is 5. The van der Waals surface area contributed by atoms with E-state index in [4.69, 9.17) is 16.3 Å². The van der Waals surface area contributed by atoms with Crippen LogP contribution in [0, 0.1) is 11.8 Å². The van der Waals surface area contributed by atoms with Crippen molar-refractivity contribution in [2.24, 2.45) is 11.8 Å². The second-order valence-electron chi connectivity index (χ2n) is 11.9. The number of anilines is 2. The Kier molecular flexibility index (Phi) is 7.16. The van der Waals surface area contributed by atoms with Crippen LogP contribution in [0.2, 0.25) is 5.02 Å². The van der Waals surface area contributed by atoms with Crippen LogP contribution in [0.4, 0.5) is 11.5 Å². The predicted molar refractivity (Wildman–Crippen MR) is 171 cm³/mol. The van der Waals surface area contributed by atoms with E-state index >= 15 is 0 Å². The maximum absolute atomic E-state index is 13.1. The maximum atomic E-state index is 13.1. The van der Waals surface area contributed by atoms with E-state index in [9.17, 15) is 4.79 Å². The summed E-state index contributed by atoms with van der Waals surface area (Å²) in [5, 5.41) is 9.05. The molecule has 1 saturated heterocycles. The average molecular weight is 627 g/mol. The van der Waals surface area contributed by atoms with E-state index < -0.39 is 0 Å². The van der Waals surface area contributed by atoms with Crippen LogP contribution in [0.1, 0.15) is 29.7 Å². The maximum Gasteiger partial charge on any atom is 0.246 e. The zero-order chi connectivity index (χ0) is 29.6. The zero-order valence-corrected chi connectivity index (χ0v) is 25.6. The van der Waals surface area contributed by atoms with E-state index in [2.05, 4.69) is 36.3 Å². The Morgan fingerprint density at radius 2 is 2.00 bits per heavy atom. The highest BCUT2D eigenvalue weighted by molar-refractivity contribution is 7.19. The zero-order valence-electron chi connectivity index (χ0n) is 24.0. The minimum absolute atomic E-state index is 0.0793. The highest BCUT2D eigenvalue weighted by Gasteiger charge is 2.32. The first-order valence-electron chi connectivity index (χ1n) is 15.0. The lowest BCUT2D eigenvalue weighted by Gasteiger charge is -2.30. The van der Waals surface area contributed by atoms with Gasteiger partial charge in [-0.3, -0.25) is 9.69 Å². The lowest BCUT2D eigenvalue weighted by Crippen LogP contribution is -2.37. The molecule has 6 heterocycles. The van der Waals surface area contributed by atoms with Crippen molar-refractivity contribution in [2.45, 2.75) is 32.2 Å². The third kappa shape index (κ3) is 5.40. The molecule has 44 heavy (non-hydrogen) atoms. The molecule has 1 aliphatic carbocycles. The molecule has 2 atom stereocenters. The number of halogens is 1. The smallest absolute Gasteiger partial charge is 0.246 e. The topological polar surface area (TPSA) is 101 Å². The molecule has 0 radical (unpaired) electrons. The number of rotatable bonds is 7. The Morgan fingerprint density at radius 3 is 2.86 bits per heavy atom. The van der Waals surface area contributed by atoms with Crippen molar-refractivity contribution < 1.29 is 9.53 Å². The number of carbonyl (C=O) groups excluding carboxylic acids is 1. The molecule has 10 nitrogen and oxygen atoms in total. The van der Waals surface area contributed by atoms with Crippen molar-refractivity contribution in [2.75, 3.05) is 31.5 Å². The normalized spacial score (nSPS) is 20.1. The Labute approximate surface area is 263 Å². The predicted octanol–water partition coefficient (Wildman–Crippen LogP) is 6.10. The van der Waals surface area contributed by atoms with E-state index in [0.29, 0.717) is 29.6 Å². The molecule has 5 aromatic rings. The summed E-state index contributed by atoms with van der Waals surface area (Å²) < 4.78 is 7.65. The van der Waals surface area contributed by atoms with Gasteiger partial charge in [-0.15, -0.1) is 11.3 Å². The first-order chi connectivity index (χ1) is 21.6. The molecule has 3 aliphatic rings. The number of ether oxygens (including phenoxy) is 1. The Bertz CT molecular complexity index is 1890. The van der Waals surface area contributed by atoms with Gasteiger partial charge in [-0.05, 0) is 73.4 Å². The van der Waals surface area contributed by atoms with E-state index in [-0.39, 0.29) is 5.91 Å². The molecular formula is C32H31ClN8O2S. The van der Waals surface area contributed by atoms with E-state index in [1.54, 1.807) is 34.5 Å². The Hall–Kier alpha value is -4.06. The second kappa shape index (κ2) is 11.5. The molecule has 0 spiro atoms. The summed E-state index contributed by atoms with van der Waals surface area (Å²) >= 11 is 8.25. The molecule has 8 rings (SSSR count). The highest BCUT2D eigenvalue weighted by atomic mass is 35.5. The van der Waals surface area contributed by atoms with Gasteiger partial charge in [0.2, 0.25) is 5.91 Å². The van der Waals surface area contributed by atoms with Gasteiger partial charge in [0.25, 0.3) is 0 Å². The lowest BCUT2D eigenvalue weighted by atomic mass is 9.99. The number of benzene rings is 1. The lowest BCUT2D eigenvalue weighted by molar-refractivity contribution is -0.126. The third-order valence-corrected chi connectivity index (χ3v) is 10.3. The van der Waals surface area contributed by atoms with E-state index in [1.165, 1.54) is 44.2 Å². The fourth-order valence-corrected chi connectivity index (χ4v) is 8.29. The van der Waals surface area contributed by atoms with Gasteiger partial charge >= 0.3 is 0 Å². The average Bonchev–Trinajstić information content (AvgIpc) is 3.74. The van der Waals surface area contributed by atoms with Crippen LogP contribution in [-0.4, -0.2) is 66.5 Å². The summed E-state index contributed by atoms with van der Waals surface area (Å²) in [6.45, 7) is 4.47. The second-order valence-corrected chi connectivity index (χ2v) is 13.4. The van der Waals surface area contributed by atoms with Gasteiger partial charge in [-0.1, -0.05) is 17.7 Å². The standard InChI is InChI=1S/C32H31ClN8O2S/c33-25-13-22(5-7-26(25)43-23-6-8-28-34-19-37-41(28)16-23)38-31-30-24-9-11-40(17-27(24)44-32(30)36-18-35-31)29(42)2-1-10-39-14-20-3-4-21(12-20)15-39/h1-2,5-8,13,16,18-21H,3-4,9-12,14-15,17H2,(H,35,36,38)/b2-1+. The number of hydrogen-bond acceptors (Lipinski definition) is 9. The van der Waals surface area contributed by atoms with Crippen molar-refractivity contribution in [3.63, 3.8) is 0 Å². The fraction of sp³-hybridized carbons (Fsp3) is 0.344. The first-order valence-corrected chi connectivity index (χ1v) is 16.2. The summed E-state index contributed by atoms with van der Waals surface area (Å²) in [4.78, 5) is 32.9. The number of piperidine rings is 1. The number of likely N-dealkylation sites (tertiary alicyclic amines) is 1. The minimum Gasteiger partial charge on any atom is -0.454 e. The molecule has 12 heteroatoms. The van der Waals surface area contributed by atoms with Crippen molar-refractivity contribution in [3.8, 4) is 11.5 Å². The van der Waals surface area contributed by atoms with E-state index in [1.807, 2.05) is 35.2 Å². The van der Waals surface area contributed by atoms with Crippen molar-refractivity contribution >= 4 is 56.2 Å². The van der Waals surface area contributed by atoms with Crippen LogP contribution in [0.3, 0.4) is 0 Å². The van der Waals surface area contributed by atoms with Gasteiger partial charge in [0.05, 0.1) is 23.2 Å². The van der Waals surface area contributed by atoms with Crippen molar-refractivity contribution in [1.29, 1.82) is 0 Å². The molecular weight excluding hydrogens is 596 g/mol. The molecule has 2 aliphatic heterocycles. The van der Waals surface area contributed by atoms with Gasteiger partial charge in [0, 0.05) is 42.8 Å². The number of nitrogens with zero attached hydrogens (tertiary/aromatic N) is 7. The molecule has 2 fully saturated rings. The van der Waals surface area contributed by atoms with Crippen LogP contribution in [0.25, 0.3) is 15.9 Å². The monoisotopic (exact) mass is 626 g/mol. The molecule has 1 aromatic carbocycles. The number of hydrogen-bond donors (Lipinski definition) is 1. The molecule has 224 valence electrons. The van der Waals surface area contributed by atoms with Gasteiger partial charge in [-0.2, -0.15) is 5.10 Å². The number of thiophene rings is 1. The summed E-state index contributed by atoms with van der Waals surface area (Å²) in [6.07, 6.45) is 13.5. The summed E-state index contributed by atoms with van der Waals surface area (Å²) in [7, 11) is 0. The van der Waals surface area contributed by atoms with Crippen LogP contribution >= 0.6 is 22.9 Å². The van der Waals surface area contributed by atoms with Gasteiger partial charge < -0.3 is 15.0 Å².